The molecular weight excluding hydrogens is 546 g/mol. The van der Waals surface area contributed by atoms with Gasteiger partial charge in [-0.3, -0.25) is 14.6 Å². The Balaban J connectivity index is 0.00000173. The Labute approximate surface area is 254 Å². The maximum Gasteiger partial charge on any atom is 0.260 e. The predicted octanol–water partition coefficient (Wildman–Crippen LogP) is 5.29. The molecule has 0 radical (unpaired) electrons. The van der Waals surface area contributed by atoms with Crippen molar-refractivity contribution < 1.29 is 9.53 Å². The number of carbonyl (C=O) groups excluding carboxylic acids is 1. The lowest BCUT2D eigenvalue weighted by Gasteiger charge is -2.42. The highest BCUT2D eigenvalue weighted by Crippen LogP contribution is 2.40. The van der Waals surface area contributed by atoms with Crippen molar-refractivity contribution in [2.75, 3.05) is 49.3 Å². The van der Waals surface area contributed by atoms with Crippen molar-refractivity contribution >= 4 is 29.3 Å². The third-order valence-corrected chi connectivity index (χ3v) is 9.35. The Kier molecular flexibility index (Phi) is 9.54. The highest BCUT2D eigenvalue weighted by Gasteiger charge is 2.43. The molecule has 3 aliphatic rings. The molecule has 2 saturated heterocycles. The van der Waals surface area contributed by atoms with Gasteiger partial charge in [0.1, 0.15) is 23.8 Å². The van der Waals surface area contributed by atoms with Gasteiger partial charge in [0, 0.05) is 49.0 Å². The number of nitrogens with one attached hydrogen (secondary N) is 1. The van der Waals surface area contributed by atoms with Gasteiger partial charge in [-0.25, -0.2) is 4.98 Å². The largest absolute Gasteiger partial charge is 0.379 e. The van der Waals surface area contributed by atoms with Gasteiger partial charge in [0.2, 0.25) is 0 Å². The number of nitrogens with zero attached hydrogens (tertiary/aromatic N) is 6. The van der Waals surface area contributed by atoms with E-state index >= 15 is 0 Å². The second-order valence-electron chi connectivity index (χ2n) is 11.6. The summed E-state index contributed by atoms with van der Waals surface area (Å²) in [5.41, 5.74) is 4.01. The molecule has 1 atom stereocenters. The van der Waals surface area contributed by atoms with Gasteiger partial charge in [0.15, 0.2) is 0 Å². The number of rotatable bonds is 9. The van der Waals surface area contributed by atoms with Crippen LogP contribution in [-0.4, -0.2) is 69.7 Å². The molecule has 1 N–H and O–H groups in total. The molecule has 226 valence electrons. The van der Waals surface area contributed by atoms with Gasteiger partial charge in [-0.15, -0.1) is 22.0 Å². The molecule has 5 heterocycles. The molecule has 3 aliphatic heterocycles. The zero-order valence-corrected chi connectivity index (χ0v) is 26.8. The Morgan fingerprint density at radius 3 is 2.64 bits per heavy atom. The summed E-state index contributed by atoms with van der Waals surface area (Å²) in [5, 5.41) is 11.8. The number of benzene rings is 1. The Hall–Kier alpha value is -2.95. The zero-order chi connectivity index (χ0) is 29.9. The fourth-order valence-corrected chi connectivity index (χ4v) is 6.99. The van der Waals surface area contributed by atoms with Crippen LogP contribution < -0.4 is 10.2 Å². The van der Waals surface area contributed by atoms with E-state index in [0.29, 0.717) is 32.0 Å². The van der Waals surface area contributed by atoms with E-state index in [-0.39, 0.29) is 11.3 Å². The van der Waals surface area contributed by atoms with E-state index in [1.165, 1.54) is 23.3 Å². The fraction of sp³-hybridized carbons (Fsp3) is 0.562. The smallest absolute Gasteiger partial charge is 0.260 e. The van der Waals surface area contributed by atoms with Gasteiger partial charge < -0.3 is 14.6 Å². The molecule has 2 aromatic heterocycles. The number of amides is 1. The topological polar surface area (TPSA) is 88.4 Å². The summed E-state index contributed by atoms with van der Waals surface area (Å²) in [6.07, 6.45) is 7.09. The van der Waals surface area contributed by atoms with Crippen LogP contribution in [0.1, 0.15) is 73.4 Å². The molecule has 2 fully saturated rings. The molecule has 6 rings (SSSR count). The molecule has 1 amide bonds. The van der Waals surface area contributed by atoms with Crippen LogP contribution in [0.4, 0.5) is 11.6 Å². The average molecular weight is 592 g/mol. The van der Waals surface area contributed by atoms with Crippen molar-refractivity contribution in [2.24, 2.45) is 13.0 Å². The Bertz CT molecular complexity index is 1400. The van der Waals surface area contributed by atoms with Crippen LogP contribution in [0.15, 0.2) is 35.5 Å². The molecule has 0 spiro atoms. The number of pyridine rings is 1. The zero-order valence-electron chi connectivity index (χ0n) is 25.9. The van der Waals surface area contributed by atoms with Crippen molar-refractivity contribution in [3.8, 4) is 0 Å². The normalized spacial score (nSPS) is 19.6. The number of hydrogen-bond donors (Lipinski definition) is 1. The summed E-state index contributed by atoms with van der Waals surface area (Å²) < 4.78 is 7.70. The second kappa shape index (κ2) is 13.1. The molecular formula is C32H45N7O2S. The number of hydrogen-bond acceptors (Lipinski definition) is 8. The fourth-order valence-electron chi connectivity index (χ4n) is 6.30. The van der Waals surface area contributed by atoms with E-state index in [1.54, 1.807) is 18.1 Å². The first kappa shape index (κ1) is 30.5. The van der Waals surface area contributed by atoms with Crippen molar-refractivity contribution in [1.82, 2.24) is 24.6 Å². The molecule has 42 heavy (non-hydrogen) atoms. The van der Waals surface area contributed by atoms with E-state index in [4.69, 9.17) is 9.72 Å². The highest BCUT2D eigenvalue weighted by atomic mass is 32.2. The van der Waals surface area contributed by atoms with E-state index in [0.717, 1.165) is 60.4 Å². The first-order chi connectivity index (χ1) is 20.4. The summed E-state index contributed by atoms with van der Waals surface area (Å²) in [4.78, 5) is 24.4. The van der Waals surface area contributed by atoms with Gasteiger partial charge in [-0.1, -0.05) is 20.8 Å². The number of anilines is 2. The predicted molar refractivity (Wildman–Crippen MR) is 169 cm³/mol. The van der Waals surface area contributed by atoms with Crippen molar-refractivity contribution in [3.05, 3.63) is 58.7 Å². The Morgan fingerprint density at radius 2 is 2.00 bits per heavy atom. The van der Waals surface area contributed by atoms with Crippen LogP contribution in [0.5, 0.6) is 0 Å². The molecule has 0 bridgehead atoms. The number of piperidine rings is 1. The first-order valence-electron chi connectivity index (χ1n) is 15.3. The van der Waals surface area contributed by atoms with Crippen LogP contribution in [0, 0.1) is 5.92 Å². The van der Waals surface area contributed by atoms with Gasteiger partial charge in [-0.05, 0) is 79.4 Å². The molecule has 0 unspecified atom stereocenters. The Morgan fingerprint density at radius 1 is 1.19 bits per heavy atom. The summed E-state index contributed by atoms with van der Waals surface area (Å²) in [6, 6.07) is 8.60. The monoisotopic (exact) mass is 591 g/mol. The van der Waals surface area contributed by atoms with Crippen LogP contribution >= 0.6 is 11.8 Å². The molecule has 1 aromatic carbocycles. The van der Waals surface area contributed by atoms with E-state index < -0.39 is 0 Å². The van der Waals surface area contributed by atoms with Crippen molar-refractivity contribution in [3.63, 3.8) is 0 Å². The number of likely N-dealkylation sites (tertiary alicyclic amines) is 1. The minimum absolute atomic E-state index is 0.0264. The number of aryl methyl sites for hydroxylation is 1. The van der Waals surface area contributed by atoms with Gasteiger partial charge in [0.05, 0.1) is 19.8 Å². The average Bonchev–Trinajstić information content (AvgIpc) is 3.53. The molecule has 10 heteroatoms. The van der Waals surface area contributed by atoms with Crippen molar-refractivity contribution in [2.45, 2.75) is 70.4 Å². The molecule has 0 aliphatic carbocycles. The molecule has 3 aromatic rings. The third kappa shape index (κ3) is 6.07. The van der Waals surface area contributed by atoms with Gasteiger partial charge in [-0.2, -0.15) is 0 Å². The van der Waals surface area contributed by atoms with Crippen molar-refractivity contribution in [1.29, 1.82) is 0 Å². The third-order valence-electron chi connectivity index (χ3n) is 8.54. The number of carbonyl (C=O) groups is 1. The molecule has 0 saturated carbocycles. The summed E-state index contributed by atoms with van der Waals surface area (Å²) in [7, 11) is 1.97. The number of thioether (sulfide) groups is 1. The maximum absolute atomic E-state index is 14.0. The summed E-state index contributed by atoms with van der Waals surface area (Å²) >= 11 is 1.72. The lowest BCUT2D eigenvalue weighted by molar-refractivity contribution is -0.0611. The lowest BCUT2D eigenvalue weighted by Crippen LogP contribution is -2.49. The number of ether oxygens (including phenoxy) is 1. The maximum atomic E-state index is 14.0. The summed E-state index contributed by atoms with van der Waals surface area (Å²) in [6.45, 7) is 14.0. The summed E-state index contributed by atoms with van der Waals surface area (Å²) in [5.74, 6) is 3.11. The molecule has 9 nitrogen and oxygen atoms in total. The van der Waals surface area contributed by atoms with Crippen LogP contribution in [0.25, 0.3) is 0 Å². The van der Waals surface area contributed by atoms with E-state index in [9.17, 15) is 4.79 Å². The number of fused-ring (bicyclic) bond motifs is 1. The van der Waals surface area contributed by atoms with Crippen LogP contribution in [0.2, 0.25) is 0 Å². The van der Waals surface area contributed by atoms with E-state index in [2.05, 4.69) is 64.8 Å². The first-order valence-corrected chi connectivity index (χ1v) is 16.5. The highest BCUT2D eigenvalue weighted by molar-refractivity contribution is 7.98. The lowest BCUT2D eigenvalue weighted by atomic mass is 9.75. The van der Waals surface area contributed by atoms with Crippen LogP contribution in [-0.2, 0) is 36.7 Å². The minimum atomic E-state index is -0.235. The second-order valence-corrected chi connectivity index (χ2v) is 12.5. The standard InChI is InChI=1S/C30H39N7O2S.C2H6/c1-5-31-26-11-22(30(17-39-18-30)13-28-34-32-19-35(28)3)12-27(33-26)37-16-24-23(29(37)38)9-21(10-25(24)40-4)15-36-8-6-7-20(2)14-36;1-2/h9-12,19-20H,5-8,13-18H2,1-4H3,(H,31,33);1-2H3/t20-;/m0./s1. The quantitative estimate of drug-likeness (QED) is 0.336. The van der Waals surface area contributed by atoms with Crippen LogP contribution in [0.3, 0.4) is 0 Å². The van der Waals surface area contributed by atoms with Gasteiger partial charge in [0.25, 0.3) is 5.91 Å². The van der Waals surface area contributed by atoms with Gasteiger partial charge >= 0.3 is 0 Å². The SMILES string of the molecule is CC.CCNc1cc(C2(Cc3nncn3C)COC2)cc(N2Cc3c(SC)cc(CN4CCC[C@H](C)C4)cc3C2=O)n1. The number of aromatic nitrogens is 4. The van der Waals surface area contributed by atoms with E-state index in [1.807, 2.05) is 30.4 Å². The minimum Gasteiger partial charge on any atom is -0.379 e.